The van der Waals surface area contributed by atoms with Gasteiger partial charge in [-0.1, -0.05) is 23.7 Å². The minimum atomic E-state index is -0.445. The zero-order valence-corrected chi connectivity index (χ0v) is 14.6. The number of rotatable bonds is 4. The molecule has 0 saturated carbocycles. The van der Waals surface area contributed by atoms with Gasteiger partial charge in [0.2, 0.25) is 0 Å². The van der Waals surface area contributed by atoms with Crippen LogP contribution in [0.3, 0.4) is 0 Å². The van der Waals surface area contributed by atoms with Crippen LogP contribution < -0.4 is 5.32 Å². The van der Waals surface area contributed by atoms with E-state index in [4.69, 9.17) is 16.3 Å². The lowest BCUT2D eigenvalue weighted by Gasteiger charge is -2.10. The summed E-state index contributed by atoms with van der Waals surface area (Å²) in [5.74, 6) is -0.698. The number of anilines is 1. The molecule has 0 atom stereocenters. The van der Waals surface area contributed by atoms with Gasteiger partial charge in [0.1, 0.15) is 0 Å². The van der Waals surface area contributed by atoms with Crippen molar-refractivity contribution < 1.29 is 14.3 Å². The van der Waals surface area contributed by atoms with Crippen LogP contribution in [0.4, 0.5) is 5.69 Å². The number of hydrogen-bond donors (Lipinski definition) is 1. The van der Waals surface area contributed by atoms with Crippen LogP contribution in [0.15, 0.2) is 42.5 Å². The number of carbonyl (C=O) groups is 2. The van der Waals surface area contributed by atoms with Gasteiger partial charge in [-0.25, -0.2) is 4.79 Å². The molecule has 0 aromatic heterocycles. The number of esters is 1. The summed E-state index contributed by atoms with van der Waals surface area (Å²) < 4.78 is 5.75. The fourth-order valence-electron chi connectivity index (χ4n) is 1.79. The van der Waals surface area contributed by atoms with Crippen LogP contribution in [0.2, 0.25) is 5.02 Å². The van der Waals surface area contributed by atoms with Crippen molar-refractivity contribution in [3.05, 3.63) is 62.2 Å². The van der Waals surface area contributed by atoms with Crippen molar-refractivity contribution in [2.75, 3.05) is 11.9 Å². The lowest BCUT2D eigenvalue weighted by atomic mass is 10.2. The second-order valence-corrected chi connectivity index (χ2v) is 5.92. The molecule has 22 heavy (non-hydrogen) atoms. The fourth-order valence-corrected chi connectivity index (χ4v) is 2.65. The zero-order valence-electron chi connectivity index (χ0n) is 11.7. The van der Waals surface area contributed by atoms with E-state index in [1.54, 1.807) is 31.2 Å². The third kappa shape index (κ3) is 3.98. The quantitative estimate of drug-likeness (QED) is 0.580. The maximum absolute atomic E-state index is 12.2. The van der Waals surface area contributed by atoms with E-state index >= 15 is 0 Å². The number of benzene rings is 2. The summed E-state index contributed by atoms with van der Waals surface area (Å²) in [6.07, 6.45) is 0. The highest BCUT2D eigenvalue weighted by Crippen LogP contribution is 2.24. The van der Waals surface area contributed by atoms with Crippen molar-refractivity contribution in [1.82, 2.24) is 0 Å². The number of amides is 1. The first-order chi connectivity index (χ1) is 10.5. The Morgan fingerprint density at radius 1 is 1.23 bits per heavy atom. The summed E-state index contributed by atoms with van der Waals surface area (Å²) in [5.41, 5.74) is 1.35. The van der Waals surface area contributed by atoms with Crippen molar-refractivity contribution in [2.24, 2.45) is 0 Å². The lowest BCUT2D eigenvalue weighted by molar-refractivity contribution is 0.0526. The Morgan fingerprint density at radius 3 is 2.59 bits per heavy atom. The smallest absolute Gasteiger partial charge is 0.338 e. The van der Waals surface area contributed by atoms with E-state index in [9.17, 15) is 9.59 Å². The van der Waals surface area contributed by atoms with Gasteiger partial charge >= 0.3 is 5.97 Å². The molecule has 0 saturated heterocycles. The van der Waals surface area contributed by atoms with Crippen molar-refractivity contribution in [1.29, 1.82) is 0 Å². The monoisotopic (exact) mass is 429 g/mol. The average Bonchev–Trinajstić information content (AvgIpc) is 2.49. The largest absolute Gasteiger partial charge is 0.462 e. The predicted octanol–water partition coefficient (Wildman–Crippen LogP) is 4.37. The van der Waals surface area contributed by atoms with E-state index in [2.05, 4.69) is 27.9 Å². The van der Waals surface area contributed by atoms with E-state index < -0.39 is 5.97 Å². The van der Waals surface area contributed by atoms with Gasteiger partial charge in [-0.2, -0.15) is 0 Å². The normalized spacial score (nSPS) is 10.1. The van der Waals surface area contributed by atoms with Gasteiger partial charge in [-0.05, 0) is 59.8 Å². The molecular formula is C16H13ClINO3. The highest BCUT2D eigenvalue weighted by atomic mass is 127. The molecule has 0 heterocycles. The van der Waals surface area contributed by atoms with Gasteiger partial charge in [0, 0.05) is 3.57 Å². The second kappa shape index (κ2) is 7.60. The Kier molecular flexibility index (Phi) is 5.79. The zero-order chi connectivity index (χ0) is 16.1. The first-order valence-electron chi connectivity index (χ1n) is 6.55. The molecule has 0 spiro atoms. The Bertz CT molecular complexity index is 718. The Balaban J connectivity index is 2.19. The molecule has 1 amide bonds. The highest BCUT2D eigenvalue weighted by Gasteiger charge is 2.13. The first kappa shape index (κ1) is 16.8. The number of carbonyl (C=O) groups excluding carboxylic acids is 2. The molecule has 4 nitrogen and oxygen atoms in total. The van der Waals surface area contributed by atoms with Gasteiger partial charge < -0.3 is 10.1 Å². The third-order valence-corrected chi connectivity index (χ3v) is 4.10. The summed E-state index contributed by atoms with van der Waals surface area (Å²) in [6, 6.07) is 11.9. The van der Waals surface area contributed by atoms with Crippen LogP contribution in [0.1, 0.15) is 27.6 Å². The van der Waals surface area contributed by atoms with Gasteiger partial charge in [0.05, 0.1) is 28.4 Å². The predicted molar refractivity (Wildman–Crippen MR) is 94.5 cm³/mol. The molecule has 0 unspecified atom stereocenters. The van der Waals surface area contributed by atoms with Crippen LogP contribution in [0.5, 0.6) is 0 Å². The van der Waals surface area contributed by atoms with Gasteiger partial charge in [-0.3, -0.25) is 4.79 Å². The molecule has 6 heteroatoms. The van der Waals surface area contributed by atoms with Crippen LogP contribution >= 0.6 is 34.2 Å². The summed E-state index contributed by atoms with van der Waals surface area (Å²) in [5, 5.41) is 3.02. The number of ether oxygens (including phenoxy) is 1. The Labute approximate surface area is 146 Å². The average molecular weight is 430 g/mol. The molecule has 0 aliphatic rings. The van der Waals surface area contributed by atoms with Crippen LogP contribution in [-0.2, 0) is 4.74 Å². The summed E-state index contributed by atoms with van der Waals surface area (Å²) in [7, 11) is 0. The first-order valence-corrected chi connectivity index (χ1v) is 8.01. The highest BCUT2D eigenvalue weighted by molar-refractivity contribution is 14.1. The number of nitrogens with one attached hydrogen (secondary N) is 1. The second-order valence-electron chi connectivity index (χ2n) is 4.35. The van der Waals surface area contributed by atoms with E-state index in [-0.39, 0.29) is 10.9 Å². The van der Waals surface area contributed by atoms with Crippen molar-refractivity contribution in [3.63, 3.8) is 0 Å². The molecule has 0 radical (unpaired) electrons. The molecule has 2 rings (SSSR count). The van der Waals surface area contributed by atoms with E-state index in [0.29, 0.717) is 23.4 Å². The maximum Gasteiger partial charge on any atom is 0.338 e. The molecule has 114 valence electrons. The number of halogens is 2. The minimum Gasteiger partial charge on any atom is -0.462 e. The Hall–Kier alpha value is -1.60. The van der Waals surface area contributed by atoms with Crippen molar-refractivity contribution in [3.8, 4) is 0 Å². The molecule has 2 aromatic rings. The molecule has 0 aliphatic heterocycles. The van der Waals surface area contributed by atoms with Crippen molar-refractivity contribution >= 4 is 51.8 Å². The SMILES string of the molecule is CCOC(=O)c1ccc(NC(=O)c2ccccc2I)c(Cl)c1. The summed E-state index contributed by atoms with van der Waals surface area (Å²) >= 11 is 8.22. The minimum absolute atomic E-state index is 0.254. The summed E-state index contributed by atoms with van der Waals surface area (Å²) in [4.78, 5) is 23.9. The molecular weight excluding hydrogens is 417 g/mol. The van der Waals surface area contributed by atoms with Crippen LogP contribution in [0, 0.1) is 3.57 Å². The topological polar surface area (TPSA) is 55.4 Å². The molecule has 0 fully saturated rings. The van der Waals surface area contributed by atoms with Crippen LogP contribution in [-0.4, -0.2) is 18.5 Å². The van der Waals surface area contributed by atoms with E-state index in [1.807, 2.05) is 12.1 Å². The summed E-state index contributed by atoms with van der Waals surface area (Å²) in [6.45, 7) is 2.02. The molecule has 1 N–H and O–H groups in total. The third-order valence-electron chi connectivity index (χ3n) is 2.85. The molecule has 0 bridgehead atoms. The van der Waals surface area contributed by atoms with Gasteiger partial charge in [0.25, 0.3) is 5.91 Å². The molecule has 2 aromatic carbocycles. The van der Waals surface area contributed by atoms with Crippen molar-refractivity contribution in [2.45, 2.75) is 6.92 Å². The van der Waals surface area contributed by atoms with Gasteiger partial charge in [0.15, 0.2) is 0 Å². The van der Waals surface area contributed by atoms with Crippen LogP contribution in [0.25, 0.3) is 0 Å². The van der Waals surface area contributed by atoms with E-state index in [1.165, 1.54) is 6.07 Å². The maximum atomic E-state index is 12.2. The molecule has 0 aliphatic carbocycles. The Morgan fingerprint density at radius 2 is 1.95 bits per heavy atom. The lowest BCUT2D eigenvalue weighted by Crippen LogP contribution is -2.14. The standard InChI is InChI=1S/C16H13ClINO3/c1-2-22-16(21)10-7-8-14(12(17)9-10)19-15(20)11-5-3-4-6-13(11)18/h3-9H,2H2,1H3,(H,19,20). The van der Waals surface area contributed by atoms with Gasteiger partial charge in [-0.15, -0.1) is 0 Å². The fraction of sp³-hybridized carbons (Fsp3) is 0.125. The number of hydrogen-bond acceptors (Lipinski definition) is 3. The van der Waals surface area contributed by atoms with E-state index in [0.717, 1.165) is 3.57 Å².